The van der Waals surface area contributed by atoms with Crippen LogP contribution in [0.5, 0.6) is 11.9 Å². The number of aromatic nitrogens is 3. The Morgan fingerprint density at radius 3 is 2.46 bits per heavy atom. The number of hydrogen-bond donors (Lipinski definition) is 1. The molecule has 0 saturated carbocycles. The van der Waals surface area contributed by atoms with E-state index >= 15 is 0 Å². The molecule has 0 aromatic carbocycles. The molecule has 0 spiro atoms. The van der Waals surface area contributed by atoms with Crippen molar-refractivity contribution in [2.24, 2.45) is 0 Å². The molecule has 1 aliphatic heterocycles. The number of hydrogen-bond acceptors (Lipinski definition) is 8. The molecule has 1 aliphatic rings. The number of nitrogens with zero attached hydrogens (tertiary/aromatic N) is 4. The van der Waals surface area contributed by atoms with Crippen molar-refractivity contribution in [1.29, 1.82) is 0 Å². The summed E-state index contributed by atoms with van der Waals surface area (Å²) in [6, 6.07) is 0.179. The zero-order chi connectivity index (χ0) is 18.9. The van der Waals surface area contributed by atoms with Gasteiger partial charge in [-0.1, -0.05) is 0 Å². The molecule has 0 aliphatic carbocycles. The highest BCUT2D eigenvalue weighted by Crippen LogP contribution is 2.38. The number of likely N-dealkylation sites (tertiary alicyclic amines) is 1. The first-order chi connectivity index (χ1) is 12.4. The lowest BCUT2D eigenvalue weighted by atomic mass is 9.85. The first-order valence-electron chi connectivity index (χ1n) is 8.29. The van der Waals surface area contributed by atoms with Gasteiger partial charge in [0.25, 0.3) is 5.91 Å². The summed E-state index contributed by atoms with van der Waals surface area (Å²) in [6.45, 7) is 4.59. The van der Waals surface area contributed by atoms with Gasteiger partial charge >= 0.3 is 6.01 Å². The molecule has 2 aromatic rings. The van der Waals surface area contributed by atoms with Crippen molar-refractivity contribution in [3.63, 3.8) is 0 Å². The average Bonchev–Trinajstić information content (AvgIpc) is 2.99. The SMILES string of the molecule is COc1ncc(C2(O)CCN(C(=O)c3sc(C)nc3C)CC2)c(OC)n1. The predicted molar refractivity (Wildman–Crippen MR) is 95.8 cm³/mol. The maximum atomic E-state index is 12.7. The van der Waals surface area contributed by atoms with Gasteiger partial charge in [0.05, 0.1) is 36.1 Å². The number of piperidine rings is 1. The van der Waals surface area contributed by atoms with Crippen molar-refractivity contribution in [1.82, 2.24) is 19.9 Å². The van der Waals surface area contributed by atoms with Crippen LogP contribution >= 0.6 is 11.3 Å². The van der Waals surface area contributed by atoms with Crippen LogP contribution in [0.15, 0.2) is 6.20 Å². The minimum Gasteiger partial charge on any atom is -0.481 e. The van der Waals surface area contributed by atoms with Gasteiger partial charge in [0, 0.05) is 19.3 Å². The van der Waals surface area contributed by atoms with E-state index in [9.17, 15) is 9.90 Å². The Morgan fingerprint density at radius 1 is 1.23 bits per heavy atom. The maximum Gasteiger partial charge on any atom is 0.319 e. The van der Waals surface area contributed by atoms with Crippen LogP contribution in [0.1, 0.15) is 38.8 Å². The van der Waals surface area contributed by atoms with Crippen LogP contribution in [0.25, 0.3) is 0 Å². The molecule has 26 heavy (non-hydrogen) atoms. The average molecular weight is 378 g/mol. The highest BCUT2D eigenvalue weighted by Gasteiger charge is 2.39. The Labute approximate surface area is 155 Å². The molecule has 1 fully saturated rings. The van der Waals surface area contributed by atoms with E-state index in [1.54, 1.807) is 4.90 Å². The molecule has 8 nitrogen and oxygen atoms in total. The molecular formula is C17H22N4O4S. The largest absolute Gasteiger partial charge is 0.481 e. The summed E-state index contributed by atoms with van der Waals surface area (Å²) >= 11 is 1.40. The van der Waals surface area contributed by atoms with Gasteiger partial charge in [0.2, 0.25) is 5.88 Å². The van der Waals surface area contributed by atoms with Crippen molar-refractivity contribution < 1.29 is 19.4 Å². The zero-order valence-electron chi connectivity index (χ0n) is 15.3. The molecule has 0 atom stereocenters. The number of methoxy groups -OCH3 is 2. The lowest BCUT2D eigenvalue weighted by Crippen LogP contribution is -2.45. The smallest absolute Gasteiger partial charge is 0.319 e. The fourth-order valence-electron chi connectivity index (χ4n) is 3.15. The lowest BCUT2D eigenvalue weighted by molar-refractivity contribution is -0.0232. The number of thiazole rings is 1. The van der Waals surface area contributed by atoms with E-state index in [0.29, 0.717) is 36.4 Å². The van der Waals surface area contributed by atoms with Crippen LogP contribution in [0, 0.1) is 13.8 Å². The van der Waals surface area contributed by atoms with Gasteiger partial charge in [-0.2, -0.15) is 4.98 Å². The number of aliphatic hydroxyl groups is 1. The van der Waals surface area contributed by atoms with Crippen LogP contribution in [-0.2, 0) is 5.60 Å². The van der Waals surface area contributed by atoms with Gasteiger partial charge in [0.1, 0.15) is 4.88 Å². The van der Waals surface area contributed by atoms with E-state index in [2.05, 4.69) is 15.0 Å². The number of amides is 1. The number of carbonyl (C=O) groups excluding carboxylic acids is 1. The van der Waals surface area contributed by atoms with Crippen molar-refractivity contribution in [3.05, 3.63) is 27.3 Å². The summed E-state index contributed by atoms with van der Waals surface area (Å²) in [7, 11) is 2.96. The van der Waals surface area contributed by atoms with E-state index in [0.717, 1.165) is 10.7 Å². The molecule has 9 heteroatoms. The van der Waals surface area contributed by atoms with Gasteiger partial charge in [-0.3, -0.25) is 4.79 Å². The number of carbonyl (C=O) groups is 1. The summed E-state index contributed by atoms with van der Waals surface area (Å²) in [5.41, 5.74) is 0.119. The Hall–Kier alpha value is -2.26. The quantitative estimate of drug-likeness (QED) is 0.864. The van der Waals surface area contributed by atoms with Gasteiger partial charge in [-0.25, -0.2) is 9.97 Å². The number of rotatable bonds is 4. The fraction of sp³-hybridized carbons (Fsp3) is 0.529. The molecule has 0 bridgehead atoms. The van der Waals surface area contributed by atoms with E-state index in [4.69, 9.17) is 9.47 Å². The zero-order valence-corrected chi connectivity index (χ0v) is 16.1. The normalized spacial score (nSPS) is 16.4. The second kappa shape index (κ2) is 7.16. The van der Waals surface area contributed by atoms with Crippen molar-refractivity contribution in [3.8, 4) is 11.9 Å². The second-order valence-corrected chi connectivity index (χ2v) is 7.45. The van der Waals surface area contributed by atoms with Crippen molar-refractivity contribution in [2.75, 3.05) is 27.3 Å². The third-order valence-electron chi connectivity index (χ3n) is 4.58. The monoisotopic (exact) mass is 378 g/mol. The van der Waals surface area contributed by atoms with Gasteiger partial charge in [0.15, 0.2) is 0 Å². The fourth-order valence-corrected chi connectivity index (χ4v) is 4.03. The van der Waals surface area contributed by atoms with E-state index in [-0.39, 0.29) is 17.8 Å². The summed E-state index contributed by atoms with van der Waals surface area (Å²) in [4.78, 5) is 27.7. The summed E-state index contributed by atoms with van der Waals surface area (Å²) < 4.78 is 10.3. The molecule has 3 rings (SSSR count). The standard InChI is InChI=1S/C17H22N4O4S/c1-10-13(26-11(2)19-10)15(22)21-7-5-17(23,6-8-21)12-9-18-16(25-4)20-14(12)24-3/h9,23H,5-8H2,1-4H3. The first-order valence-corrected chi connectivity index (χ1v) is 9.11. The Kier molecular flexibility index (Phi) is 5.10. The summed E-state index contributed by atoms with van der Waals surface area (Å²) in [5, 5.41) is 12.0. The molecule has 2 aromatic heterocycles. The Balaban J connectivity index is 1.77. The maximum absolute atomic E-state index is 12.7. The third-order valence-corrected chi connectivity index (χ3v) is 5.65. The number of ether oxygens (including phenoxy) is 2. The minimum absolute atomic E-state index is 0.0342. The summed E-state index contributed by atoms with van der Waals surface area (Å²) in [5.74, 6) is 0.251. The van der Waals surface area contributed by atoms with E-state index in [1.807, 2.05) is 13.8 Å². The molecular weight excluding hydrogens is 356 g/mol. The van der Waals surface area contributed by atoms with Crippen molar-refractivity contribution >= 4 is 17.2 Å². The third kappa shape index (κ3) is 3.36. The molecule has 1 N–H and O–H groups in total. The molecule has 1 saturated heterocycles. The Bertz CT molecular complexity index is 815. The highest BCUT2D eigenvalue weighted by molar-refractivity contribution is 7.13. The van der Waals surface area contributed by atoms with E-state index < -0.39 is 5.60 Å². The van der Waals surface area contributed by atoms with Crippen LogP contribution < -0.4 is 9.47 Å². The molecule has 3 heterocycles. The lowest BCUT2D eigenvalue weighted by Gasteiger charge is -2.38. The molecule has 1 amide bonds. The minimum atomic E-state index is -1.15. The molecule has 140 valence electrons. The van der Waals surface area contributed by atoms with Crippen LogP contribution in [-0.4, -0.2) is 58.2 Å². The van der Waals surface area contributed by atoms with Gasteiger partial charge in [-0.15, -0.1) is 11.3 Å². The van der Waals surface area contributed by atoms with Gasteiger partial charge < -0.3 is 19.5 Å². The number of aryl methyl sites for hydroxylation is 2. The predicted octanol–water partition coefficient (Wildman–Crippen LogP) is 1.69. The van der Waals surface area contributed by atoms with Gasteiger partial charge in [-0.05, 0) is 26.7 Å². The van der Waals surface area contributed by atoms with Crippen LogP contribution in [0.3, 0.4) is 0 Å². The Morgan fingerprint density at radius 2 is 1.92 bits per heavy atom. The van der Waals surface area contributed by atoms with E-state index in [1.165, 1.54) is 31.8 Å². The second-order valence-electron chi connectivity index (χ2n) is 6.25. The first kappa shape index (κ1) is 18.5. The van der Waals surface area contributed by atoms with Crippen molar-refractivity contribution in [2.45, 2.75) is 32.3 Å². The topological polar surface area (TPSA) is 97.7 Å². The highest BCUT2D eigenvalue weighted by atomic mass is 32.1. The van der Waals surface area contributed by atoms with Crippen LogP contribution in [0.4, 0.5) is 0 Å². The molecule has 0 radical (unpaired) electrons. The summed E-state index contributed by atoms with van der Waals surface area (Å²) in [6.07, 6.45) is 2.28. The molecule has 0 unspecified atom stereocenters. The van der Waals surface area contributed by atoms with Crippen LogP contribution in [0.2, 0.25) is 0 Å².